The maximum absolute atomic E-state index is 11.4. The Hall–Kier alpha value is -2.21. The van der Waals surface area contributed by atoms with Crippen LogP contribution in [0.2, 0.25) is 0 Å². The predicted octanol–water partition coefficient (Wildman–Crippen LogP) is 2.21. The zero-order valence-electron chi connectivity index (χ0n) is 14.5. The van der Waals surface area contributed by atoms with Gasteiger partial charge in [-0.2, -0.15) is 0 Å². The number of unbranched alkanes of at least 4 members (excludes halogenated alkanes) is 1. The van der Waals surface area contributed by atoms with Gasteiger partial charge in [0.2, 0.25) is 0 Å². The molecule has 0 N–H and O–H groups in total. The van der Waals surface area contributed by atoms with Crippen molar-refractivity contribution in [2.24, 2.45) is 0 Å². The van der Waals surface area contributed by atoms with Crippen molar-refractivity contribution < 1.29 is 23.9 Å². The molecule has 0 aliphatic rings. The van der Waals surface area contributed by atoms with Crippen LogP contribution in [0.3, 0.4) is 0 Å². The van der Waals surface area contributed by atoms with Crippen LogP contribution in [0.25, 0.3) is 0 Å². The van der Waals surface area contributed by atoms with Crippen LogP contribution in [0.15, 0.2) is 24.3 Å². The SMILES string of the molecule is COC(=O)CCCCN(CC(C)=O)Cc1ccc(C(=O)OC)cc1. The summed E-state index contributed by atoms with van der Waals surface area (Å²) >= 11 is 0. The first kappa shape index (κ1) is 19.8. The van der Waals surface area contributed by atoms with E-state index in [1.807, 2.05) is 17.0 Å². The minimum Gasteiger partial charge on any atom is -0.469 e. The van der Waals surface area contributed by atoms with Crippen molar-refractivity contribution in [3.8, 4) is 0 Å². The van der Waals surface area contributed by atoms with Gasteiger partial charge in [0.05, 0.1) is 26.3 Å². The van der Waals surface area contributed by atoms with E-state index in [9.17, 15) is 14.4 Å². The number of benzene rings is 1. The van der Waals surface area contributed by atoms with E-state index < -0.39 is 0 Å². The zero-order valence-corrected chi connectivity index (χ0v) is 14.5. The second-order valence-corrected chi connectivity index (χ2v) is 5.63. The van der Waals surface area contributed by atoms with E-state index >= 15 is 0 Å². The number of ketones is 1. The highest BCUT2D eigenvalue weighted by Crippen LogP contribution is 2.10. The van der Waals surface area contributed by atoms with E-state index in [0.717, 1.165) is 24.9 Å². The fourth-order valence-corrected chi connectivity index (χ4v) is 2.36. The molecule has 0 unspecified atom stereocenters. The number of Topliss-reactive ketones (excluding diaryl/α,β-unsaturated/α-hetero) is 1. The average Bonchev–Trinajstić information content (AvgIpc) is 2.57. The second-order valence-electron chi connectivity index (χ2n) is 5.63. The first-order chi connectivity index (χ1) is 11.5. The van der Waals surface area contributed by atoms with Gasteiger partial charge in [-0.05, 0) is 44.0 Å². The van der Waals surface area contributed by atoms with E-state index in [2.05, 4.69) is 9.47 Å². The van der Waals surface area contributed by atoms with Crippen LogP contribution < -0.4 is 0 Å². The standard InChI is InChI=1S/C18H25NO5/c1-14(20)12-19(11-5-4-6-17(21)23-2)13-15-7-9-16(10-8-15)18(22)24-3/h7-10H,4-6,11-13H2,1-3H3. The van der Waals surface area contributed by atoms with Crippen molar-refractivity contribution in [3.63, 3.8) is 0 Å². The Morgan fingerprint density at radius 1 is 1.00 bits per heavy atom. The number of methoxy groups -OCH3 is 2. The fourth-order valence-electron chi connectivity index (χ4n) is 2.36. The molecular weight excluding hydrogens is 310 g/mol. The predicted molar refractivity (Wildman–Crippen MR) is 89.6 cm³/mol. The van der Waals surface area contributed by atoms with Gasteiger partial charge in [0, 0.05) is 13.0 Å². The molecule has 0 aromatic heterocycles. The molecule has 1 aromatic rings. The maximum atomic E-state index is 11.4. The third-order valence-electron chi connectivity index (χ3n) is 3.56. The Morgan fingerprint density at radius 2 is 1.67 bits per heavy atom. The lowest BCUT2D eigenvalue weighted by atomic mass is 10.1. The summed E-state index contributed by atoms with van der Waals surface area (Å²) in [5.41, 5.74) is 1.51. The van der Waals surface area contributed by atoms with Gasteiger partial charge in [-0.15, -0.1) is 0 Å². The smallest absolute Gasteiger partial charge is 0.337 e. The van der Waals surface area contributed by atoms with Crippen molar-refractivity contribution in [1.82, 2.24) is 4.90 Å². The molecule has 0 saturated heterocycles. The quantitative estimate of drug-likeness (QED) is 0.482. The molecule has 6 nitrogen and oxygen atoms in total. The molecule has 0 bridgehead atoms. The van der Waals surface area contributed by atoms with Crippen LogP contribution in [-0.2, 0) is 25.6 Å². The van der Waals surface area contributed by atoms with Crippen molar-refractivity contribution in [3.05, 3.63) is 35.4 Å². The first-order valence-corrected chi connectivity index (χ1v) is 7.92. The van der Waals surface area contributed by atoms with Gasteiger partial charge in [0.1, 0.15) is 5.78 Å². The molecule has 0 heterocycles. The normalized spacial score (nSPS) is 10.5. The fraction of sp³-hybridized carbons (Fsp3) is 0.500. The van der Waals surface area contributed by atoms with Gasteiger partial charge in [0.25, 0.3) is 0 Å². The summed E-state index contributed by atoms with van der Waals surface area (Å²) in [6, 6.07) is 7.14. The summed E-state index contributed by atoms with van der Waals surface area (Å²) in [7, 11) is 2.72. The lowest BCUT2D eigenvalue weighted by molar-refractivity contribution is -0.140. The summed E-state index contributed by atoms with van der Waals surface area (Å²) in [6.07, 6.45) is 1.92. The minimum atomic E-state index is -0.370. The third-order valence-corrected chi connectivity index (χ3v) is 3.56. The molecule has 6 heteroatoms. The molecule has 0 fully saturated rings. The molecule has 1 aromatic carbocycles. The number of esters is 2. The van der Waals surface area contributed by atoms with Gasteiger partial charge in [-0.1, -0.05) is 12.1 Å². The molecule has 0 amide bonds. The summed E-state index contributed by atoms with van der Waals surface area (Å²) in [5.74, 6) is -0.495. The number of hydrogen-bond donors (Lipinski definition) is 0. The van der Waals surface area contributed by atoms with Crippen LogP contribution in [0, 0.1) is 0 Å². The van der Waals surface area contributed by atoms with E-state index in [1.165, 1.54) is 14.2 Å². The van der Waals surface area contributed by atoms with Crippen LogP contribution in [0.5, 0.6) is 0 Å². The number of ether oxygens (including phenoxy) is 2. The number of hydrogen-bond acceptors (Lipinski definition) is 6. The number of carbonyl (C=O) groups excluding carboxylic acids is 3. The topological polar surface area (TPSA) is 72.9 Å². The largest absolute Gasteiger partial charge is 0.469 e. The van der Waals surface area contributed by atoms with Crippen LogP contribution >= 0.6 is 0 Å². The van der Waals surface area contributed by atoms with E-state index in [0.29, 0.717) is 25.1 Å². The van der Waals surface area contributed by atoms with Crippen LogP contribution in [0.1, 0.15) is 42.1 Å². The lowest BCUT2D eigenvalue weighted by Crippen LogP contribution is -2.29. The van der Waals surface area contributed by atoms with Gasteiger partial charge in [-0.25, -0.2) is 4.79 Å². The highest BCUT2D eigenvalue weighted by Gasteiger charge is 2.10. The molecule has 0 saturated carbocycles. The Bertz CT molecular complexity index is 553. The summed E-state index contributed by atoms with van der Waals surface area (Å²) in [5, 5.41) is 0. The molecule has 132 valence electrons. The zero-order chi connectivity index (χ0) is 17.9. The molecule has 0 spiro atoms. The van der Waals surface area contributed by atoms with E-state index in [1.54, 1.807) is 19.1 Å². The third kappa shape index (κ3) is 7.37. The van der Waals surface area contributed by atoms with Crippen molar-refractivity contribution in [2.75, 3.05) is 27.3 Å². The van der Waals surface area contributed by atoms with Crippen molar-refractivity contribution >= 4 is 17.7 Å². The van der Waals surface area contributed by atoms with Crippen molar-refractivity contribution in [1.29, 1.82) is 0 Å². The molecule has 1 rings (SSSR count). The summed E-state index contributed by atoms with van der Waals surface area (Å²) < 4.78 is 9.28. The van der Waals surface area contributed by atoms with Crippen LogP contribution in [0.4, 0.5) is 0 Å². The molecule has 0 radical (unpaired) electrons. The maximum Gasteiger partial charge on any atom is 0.337 e. The average molecular weight is 335 g/mol. The van der Waals surface area contributed by atoms with Gasteiger partial charge < -0.3 is 9.47 Å². The van der Waals surface area contributed by atoms with E-state index in [4.69, 9.17) is 0 Å². The number of carbonyl (C=O) groups is 3. The number of rotatable bonds is 10. The lowest BCUT2D eigenvalue weighted by Gasteiger charge is -2.21. The highest BCUT2D eigenvalue weighted by atomic mass is 16.5. The van der Waals surface area contributed by atoms with Gasteiger partial charge >= 0.3 is 11.9 Å². The van der Waals surface area contributed by atoms with Crippen molar-refractivity contribution in [2.45, 2.75) is 32.7 Å². The van der Waals surface area contributed by atoms with E-state index in [-0.39, 0.29) is 17.7 Å². The Morgan fingerprint density at radius 3 is 2.21 bits per heavy atom. The van der Waals surface area contributed by atoms with Crippen LogP contribution in [-0.4, -0.2) is 49.9 Å². The molecule has 0 aliphatic carbocycles. The molecule has 24 heavy (non-hydrogen) atoms. The minimum absolute atomic E-state index is 0.0918. The summed E-state index contributed by atoms with van der Waals surface area (Å²) in [4.78, 5) is 36.0. The highest BCUT2D eigenvalue weighted by molar-refractivity contribution is 5.89. The second kappa shape index (κ2) is 10.5. The van der Waals surface area contributed by atoms with Gasteiger partial charge in [-0.3, -0.25) is 14.5 Å². The number of nitrogens with zero attached hydrogens (tertiary/aromatic N) is 1. The molecule has 0 atom stereocenters. The molecule has 0 aliphatic heterocycles. The Kier molecular flexibility index (Phi) is 8.71. The molecular formula is C18H25NO5. The Balaban J connectivity index is 2.57. The first-order valence-electron chi connectivity index (χ1n) is 7.92. The Labute approximate surface area is 142 Å². The van der Waals surface area contributed by atoms with Gasteiger partial charge in [0.15, 0.2) is 0 Å². The summed E-state index contributed by atoms with van der Waals surface area (Å²) in [6.45, 7) is 3.24. The monoisotopic (exact) mass is 335 g/mol.